The summed E-state index contributed by atoms with van der Waals surface area (Å²) in [6, 6.07) is 14.4. The van der Waals surface area contributed by atoms with Crippen molar-refractivity contribution in [2.24, 2.45) is 5.92 Å². The summed E-state index contributed by atoms with van der Waals surface area (Å²) in [5, 5.41) is 2.75. The molecule has 0 bridgehead atoms. The van der Waals surface area contributed by atoms with Gasteiger partial charge in [-0.3, -0.25) is 4.79 Å². The first kappa shape index (κ1) is 18.8. The van der Waals surface area contributed by atoms with Crippen molar-refractivity contribution in [3.8, 4) is 11.5 Å². The molecular weight excluding hydrogens is 380 g/mol. The Hall–Kier alpha value is -2.58. The first-order valence-corrected chi connectivity index (χ1v) is 10.4. The number of benzene rings is 2. The highest BCUT2D eigenvalue weighted by Crippen LogP contribution is 2.58. The van der Waals surface area contributed by atoms with Crippen LogP contribution in [-0.2, 0) is 21.4 Å². The van der Waals surface area contributed by atoms with Crippen LogP contribution in [-0.4, -0.2) is 44.1 Å². The maximum Gasteiger partial charge on any atom is 0.247 e. The van der Waals surface area contributed by atoms with Gasteiger partial charge in [0.15, 0.2) is 4.75 Å². The van der Waals surface area contributed by atoms with Crippen molar-refractivity contribution in [1.29, 1.82) is 0 Å². The summed E-state index contributed by atoms with van der Waals surface area (Å²) in [6.45, 7) is 0.644. The van der Waals surface area contributed by atoms with Crippen LogP contribution in [0.1, 0.15) is 12.0 Å². The first-order valence-electron chi connectivity index (χ1n) is 8.99. The van der Waals surface area contributed by atoms with E-state index in [9.17, 15) is 13.2 Å². The maximum atomic E-state index is 13.2. The molecule has 0 unspecified atom stereocenters. The normalized spacial score (nSPS) is 25.0. The fourth-order valence-electron chi connectivity index (χ4n) is 3.87. The Labute approximate surface area is 164 Å². The van der Waals surface area contributed by atoms with Gasteiger partial charge in [-0.2, -0.15) is 4.31 Å². The zero-order valence-corrected chi connectivity index (χ0v) is 16.5. The summed E-state index contributed by atoms with van der Waals surface area (Å²) in [5.74, 6) is 0.305. The molecule has 1 saturated carbocycles. The Morgan fingerprint density at radius 3 is 2.61 bits per heavy atom. The maximum absolute atomic E-state index is 13.2. The standard InChI is InChI=1S/C20H22N2O5S/c1-26-16-8-9-17(18(10-16)27-2)21-19(23)20-11-15(20)13-22(28(20,24)25)12-14-6-4-3-5-7-14/h3-10,15H,11-13H2,1-2H3,(H,21,23)/t15-,20-/m1/s1. The fraction of sp³-hybridized carbons (Fsp3) is 0.350. The average Bonchev–Trinajstić information content (AvgIpc) is 3.39. The highest BCUT2D eigenvalue weighted by Gasteiger charge is 2.75. The van der Waals surface area contributed by atoms with E-state index in [0.29, 0.717) is 30.2 Å². The van der Waals surface area contributed by atoms with Crippen LogP contribution in [0.15, 0.2) is 48.5 Å². The van der Waals surface area contributed by atoms with Crippen molar-refractivity contribution in [3.63, 3.8) is 0 Å². The van der Waals surface area contributed by atoms with Gasteiger partial charge in [-0.15, -0.1) is 0 Å². The van der Waals surface area contributed by atoms with Crippen LogP contribution in [0.3, 0.4) is 0 Å². The van der Waals surface area contributed by atoms with E-state index in [1.807, 2.05) is 30.3 Å². The fourth-order valence-corrected chi connectivity index (χ4v) is 6.22. The molecule has 8 heteroatoms. The van der Waals surface area contributed by atoms with Crippen LogP contribution < -0.4 is 14.8 Å². The van der Waals surface area contributed by atoms with E-state index in [2.05, 4.69) is 5.32 Å². The zero-order valence-electron chi connectivity index (χ0n) is 15.7. The van der Waals surface area contributed by atoms with E-state index >= 15 is 0 Å². The quantitative estimate of drug-likeness (QED) is 0.801. The monoisotopic (exact) mass is 402 g/mol. The lowest BCUT2D eigenvalue weighted by Gasteiger charge is -2.21. The van der Waals surface area contributed by atoms with E-state index in [4.69, 9.17) is 9.47 Å². The van der Waals surface area contributed by atoms with Crippen molar-refractivity contribution >= 4 is 21.6 Å². The van der Waals surface area contributed by atoms with Gasteiger partial charge in [-0.1, -0.05) is 30.3 Å². The van der Waals surface area contributed by atoms with Gasteiger partial charge in [-0.05, 0) is 24.1 Å². The van der Waals surface area contributed by atoms with E-state index in [0.717, 1.165) is 5.56 Å². The minimum Gasteiger partial charge on any atom is -0.497 e. The Morgan fingerprint density at radius 2 is 1.93 bits per heavy atom. The summed E-state index contributed by atoms with van der Waals surface area (Å²) in [6.07, 6.45) is 0.352. The highest BCUT2D eigenvalue weighted by molar-refractivity contribution is 7.92. The predicted octanol–water partition coefficient (Wildman–Crippen LogP) is 2.25. The third-order valence-electron chi connectivity index (χ3n) is 5.52. The number of hydrogen-bond acceptors (Lipinski definition) is 5. The molecule has 2 atom stereocenters. The lowest BCUT2D eigenvalue weighted by molar-refractivity contribution is -0.116. The molecule has 2 fully saturated rings. The predicted molar refractivity (Wildman–Crippen MR) is 105 cm³/mol. The largest absolute Gasteiger partial charge is 0.497 e. The minimum absolute atomic E-state index is 0.189. The molecule has 1 amide bonds. The summed E-state index contributed by atoms with van der Waals surface area (Å²) >= 11 is 0. The summed E-state index contributed by atoms with van der Waals surface area (Å²) in [7, 11) is -0.730. The summed E-state index contributed by atoms with van der Waals surface area (Å²) in [5.41, 5.74) is 1.32. The smallest absolute Gasteiger partial charge is 0.247 e. The Morgan fingerprint density at radius 1 is 1.18 bits per heavy atom. The number of rotatable bonds is 6. The second-order valence-electron chi connectivity index (χ2n) is 7.09. The summed E-state index contributed by atoms with van der Waals surface area (Å²) < 4.78 is 36.8. The van der Waals surface area contributed by atoms with Crippen LogP contribution in [0, 0.1) is 5.92 Å². The Balaban J connectivity index is 1.56. The van der Waals surface area contributed by atoms with Gasteiger partial charge >= 0.3 is 0 Å². The number of hydrogen-bond donors (Lipinski definition) is 1. The number of carbonyl (C=O) groups excluding carboxylic acids is 1. The van der Waals surface area contributed by atoms with E-state index in [-0.39, 0.29) is 12.5 Å². The van der Waals surface area contributed by atoms with Gasteiger partial charge in [0.1, 0.15) is 11.5 Å². The van der Waals surface area contributed by atoms with Crippen molar-refractivity contribution in [1.82, 2.24) is 4.31 Å². The molecule has 2 aromatic carbocycles. The van der Waals surface area contributed by atoms with Gasteiger partial charge in [0.25, 0.3) is 0 Å². The number of nitrogens with one attached hydrogen (secondary N) is 1. The van der Waals surface area contributed by atoms with Crippen LogP contribution in [0.4, 0.5) is 5.69 Å². The van der Waals surface area contributed by atoms with Crippen molar-refractivity contribution in [2.45, 2.75) is 17.7 Å². The number of fused-ring (bicyclic) bond motifs is 1. The summed E-state index contributed by atoms with van der Waals surface area (Å²) in [4.78, 5) is 13.0. The molecule has 28 heavy (non-hydrogen) atoms. The third kappa shape index (κ3) is 2.84. The van der Waals surface area contributed by atoms with Crippen LogP contribution in [0.25, 0.3) is 0 Å². The number of nitrogens with zero attached hydrogens (tertiary/aromatic N) is 1. The van der Waals surface area contributed by atoms with E-state index in [1.165, 1.54) is 18.5 Å². The topological polar surface area (TPSA) is 84.9 Å². The molecule has 0 spiro atoms. The van der Waals surface area contributed by atoms with Crippen molar-refractivity contribution in [2.75, 3.05) is 26.1 Å². The molecule has 1 aliphatic heterocycles. The molecule has 1 aliphatic carbocycles. The van der Waals surface area contributed by atoms with Gasteiger partial charge in [-0.25, -0.2) is 8.42 Å². The molecule has 148 valence electrons. The van der Waals surface area contributed by atoms with Gasteiger partial charge in [0.05, 0.1) is 19.9 Å². The molecule has 2 aliphatic rings. The van der Waals surface area contributed by atoms with Crippen molar-refractivity contribution in [3.05, 3.63) is 54.1 Å². The zero-order chi connectivity index (χ0) is 19.9. The number of methoxy groups -OCH3 is 2. The van der Waals surface area contributed by atoms with E-state index in [1.54, 1.807) is 18.2 Å². The number of carbonyl (C=O) groups is 1. The Bertz CT molecular complexity index is 1010. The number of ether oxygens (including phenoxy) is 2. The molecule has 1 heterocycles. The Kier molecular flexibility index (Phi) is 4.55. The molecule has 7 nitrogen and oxygen atoms in total. The van der Waals surface area contributed by atoms with Crippen molar-refractivity contribution < 1.29 is 22.7 Å². The lowest BCUT2D eigenvalue weighted by atomic mass is 10.2. The highest BCUT2D eigenvalue weighted by atomic mass is 32.2. The molecular formula is C20H22N2O5S. The molecule has 2 aromatic rings. The third-order valence-corrected chi connectivity index (χ3v) is 8.08. The second-order valence-corrected chi connectivity index (χ2v) is 9.29. The molecule has 1 N–H and O–H groups in total. The molecule has 1 saturated heterocycles. The molecule has 0 aromatic heterocycles. The van der Waals surface area contributed by atoms with Crippen LogP contribution in [0.5, 0.6) is 11.5 Å². The van der Waals surface area contributed by atoms with Crippen LogP contribution in [0.2, 0.25) is 0 Å². The number of sulfonamides is 1. The van der Waals surface area contributed by atoms with Gasteiger partial charge in [0.2, 0.25) is 15.9 Å². The SMILES string of the molecule is COc1ccc(NC(=O)[C@@]23C[C@@H]2CN(Cc2ccccc2)S3(=O)=O)c(OC)c1. The average molecular weight is 402 g/mol. The van der Waals surface area contributed by atoms with Gasteiger partial charge < -0.3 is 14.8 Å². The van der Waals surface area contributed by atoms with Gasteiger partial charge in [0, 0.05) is 25.1 Å². The number of amides is 1. The lowest BCUT2D eigenvalue weighted by Crippen LogP contribution is -2.42. The first-order chi connectivity index (χ1) is 13.4. The minimum atomic E-state index is -3.75. The molecule has 0 radical (unpaired) electrons. The van der Waals surface area contributed by atoms with Crippen LogP contribution >= 0.6 is 0 Å². The number of anilines is 1. The second kappa shape index (κ2) is 6.79. The molecule has 4 rings (SSSR count). The van der Waals surface area contributed by atoms with E-state index < -0.39 is 20.7 Å².